The predicted molar refractivity (Wildman–Crippen MR) is 182 cm³/mol. The van der Waals surface area contributed by atoms with Gasteiger partial charge in [-0.15, -0.1) is 0 Å². The summed E-state index contributed by atoms with van der Waals surface area (Å²) in [6.07, 6.45) is 1.68. The van der Waals surface area contributed by atoms with Gasteiger partial charge in [0.2, 0.25) is 5.96 Å². The molecule has 0 saturated heterocycles. The van der Waals surface area contributed by atoms with Gasteiger partial charge in [-0.1, -0.05) is 55.5 Å². The first-order valence-corrected chi connectivity index (χ1v) is 15.5. The molecule has 0 aliphatic carbocycles. The SMILES string of the molecule is CCC1CC(=NCCOCCOCCNC(=O)c2ccccc2)N=C(Nc2ccc(CC(=O)OC)cc2)N=C1Nc1ccccc1. The van der Waals surface area contributed by atoms with Gasteiger partial charge in [-0.25, -0.2) is 0 Å². The summed E-state index contributed by atoms with van der Waals surface area (Å²) in [5, 5.41) is 9.62. The number of nitrogens with zero attached hydrogens (tertiary/aromatic N) is 3. The van der Waals surface area contributed by atoms with Gasteiger partial charge in [0.1, 0.15) is 11.7 Å². The normalized spacial score (nSPS) is 15.3. The number of aliphatic imine (C=N–C) groups is 3. The van der Waals surface area contributed by atoms with Gasteiger partial charge < -0.3 is 30.2 Å². The van der Waals surface area contributed by atoms with Crippen LogP contribution in [0.3, 0.4) is 0 Å². The molecule has 3 aromatic rings. The topological polar surface area (TPSA) is 135 Å². The van der Waals surface area contributed by atoms with Crippen LogP contribution in [0.15, 0.2) is 99.9 Å². The first-order chi connectivity index (χ1) is 22.5. The Balaban J connectivity index is 1.30. The average molecular weight is 627 g/mol. The van der Waals surface area contributed by atoms with Crippen LogP contribution in [0.2, 0.25) is 0 Å². The maximum atomic E-state index is 12.1. The number of anilines is 2. The summed E-state index contributed by atoms with van der Waals surface area (Å²) in [5.74, 6) is 1.58. The van der Waals surface area contributed by atoms with Gasteiger partial charge in [0.15, 0.2) is 0 Å². The van der Waals surface area contributed by atoms with Crippen molar-refractivity contribution in [2.75, 3.05) is 57.3 Å². The van der Waals surface area contributed by atoms with E-state index in [1.165, 1.54) is 7.11 Å². The highest BCUT2D eigenvalue weighted by molar-refractivity contribution is 6.14. The first kappa shape index (κ1) is 34.0. The zero-order valence-corrected chi connectivity index (χ0v) is 26.4. The van der Waals surface area contributed by atoms with Crippen LogP contribution in [0, 0.1) is 5.92 Å². The van der Waals surface area contributed by atoms with Crippen LogP contribution in [0.1, 0.15) is 35.7 Å². The lowest BCUT2D eigenvalue weighted by atomic mass is 10.00. The number of amidine groups is 2. The lowest BCUT2D eigenvalue weighted by Crippen LogP contribution is -2.27. The van der Waals surface area contributed by atoms with Gasteiger partial charge in [-0.05, 0) is 48.4 Å². The van der Waals surface area contributed by atoms with Crippen molar-refractivity contribution in [3.8, 4) is 0 Å². The van der Waals surface area contributed by atoms with Gasteiger partial charge in [0.05, 0.1) is 46.5 Å². The second kappa shape index (κ2) is 18.8. The molecule has 4 rings (SSSR count). The number of benzene rings is 3. The number of hydrogen-bond acceptors (Lipinski definition) is 9. The molecule has 242 valence electrons. The Morgan fingerprint density at radius 3 is 2.20 bits per heavy atom. The quantitative estimate of drug-likeness (QED) is 0.160. The smallest absolute Gasteiger partial charge is 0.309 e. The molecule has 3 N–H and O–H groups in total. The third-order valence-corrected chi connectivity index (χ3v) is 7.07. The van der Waals surface area contributed by atoms with E-state index in [2.05, 4.69) is 22.9 Å². The molecule has 0 spiro atoms. The highest BCUT2D eigenvalue weighted by Crippen LogP contribution is 2.20. The van der Waals surface area contributed by atoms with E-state index in [9.17, 15) is 9.59 Å². The van der Waals surface area contributed by atoms with E-state index in [0.717, 1.165) is 29.2 Å². The number of rotatable bonds is 15. The average Bonchev–Trinajstić information content (AvgIpc) is 3.25. The molecule has 0 saturated carbocycles. The maximum Gasteiger partial charge on any atom is 0.309 e. The Hall–Kier alpha value is -4.87. The largest absolute Gasteiger partial charge is 0.469 e. The zero-order chi connectivity index (χ0) is 32.4. The fraction of sp³-hybridized carbons (Fsp3) is 0.343. The third kappa shape index (κ3) is 11.6. The number of esters is 1. The van der Waals surface area contributed by atoms with E-state index in [1.54, 1.807) is 12.1 Å². The molecule has 46 heavy (non-hydrogen) atoms. The van der Waals surface area contributed by atoms with Crippen LogP contribution < -0.4 is 16.0 Å². The number of para-hydroxylation sites is 1. The lowest BCUT2D eigenvalue weighted by Gasteiger charge is -2.17. The second-order valence-corrected chi connectivity index (χ2v) is 10.5. The maximum absolute atomic E-state index is 12.1. The van der Waals surface area contributed by atoms with Crippen LogP contribution in [-0.2, 0) is 25.4 Å². The molecule has 1 heterocycles. The second-order valence-electron chi connectivity index (χ2n) is 10.5. The molecule has 1 unspecified atom stereocenters. The summed E-state index contributed by atoms with van der Waals surface area (Å²) in [5.41, 5.74) is 3.21. The zero-order valence-electron chi connectivity index (χ0n) is 26.4. The number of carbonyl (C=O) groups is 2. The van der Waals surface area contributed by atoms with Crippen LogP contribution in [-0.4, -0.2) is 76.1 Å². The molecule has 1 atom stereocenters. The number of nitrogens with one attached hydrogen (secondary N) is 3. The summed E-state index contributed by atoms with van der Waals surface area (Å²) in [4.78, 5) is 38.1. The van der Waals surface area contributed by atoms with E-state index < -0.39 is 0 Å². The number of carbonyl (C=O) groups excluding carboxylic acids is 2. The van der Waals surface area contributed by atoms with Gasteiger partial charge in [-0.3, -0.25) is 14.6 Å². The molecule has 0 radical (unpaired) electrons. The highest BCUT2D eigenvalue weighted by atomic mass is 16.5. The van der Waals surface area contributed by atoms with Crippen LogP contribution >= 0.6 is 0 Å². The van der Waals surface area contributed by atoms with Crippen molar-refractivity contribution in [3.05, 3.63) is 96.1 Å². The Labute approximate surface area is 270 Å². The summed E-state index contributed by atoms with van der Waals surface area (Å²) in [6.45, 7) is 4.66. The number of ether oxygens (including phenoxy) is 3. The highest BCUT2D eigenvalue weighted by Gasteiger charge is 2.22. The number of hydrogen-bond donors (Lipinski definition) is 3. The number of amides is 1. The lowest BCUT2D eigenvalue weighted by molar-refractivity contribution is -0.139. The Morgan fingerprint density at radius 2 is 1.50 bits per heavy atom. The molecular formula is C35H42N6O5. The van der Waals surface area contributed by atoms with Gasteiger partial charge in [0, 0.05) is 35.8 Å². The minimum absolute atomic E-state index is 0.0844. The third-order valence-electron chi connectivity index (χ3n) is 7.07. The minimum atomic E-state index is -0.289. The van der Waals surface area contributed by atoms with Crippen LogP contribution in [0.25, 0.3) is 0 Å². The standard InChI is InChI=1S/C35H42N6O5/c1-3-27-25-31(36-18-20-45-22-23-46-21-19-37-34(43)28-10-6-4-7-11-28)40-35(41-33(27)38-29-12-8-5-9-13-29)39-30-16-14-26(15-17-30)24-32(42)44-2/h4-17,27H,3,18-25H2,1-2H3,(H,37,43)(H2,36,38,39,40,41). The van der Waals surface area contributed by atoms with Gasteiger partial charge >= 0.3 is 5.97 Å². The van der Waals surface area contributed by atoms with Crippen molar-refractivity contribution in [1.29, 1.82) is 0 Å². The molecule has 0 bridgehead atoms. The Morgan fingerprint density at radius 1 is 0.826 bits per heavy atom. The minimum Gasteiger partial charge on any atom is -0.469 e. The van der Waals surface area contributed by atoms with E-state index in [0.29, 0.717) is 63.3 Å². The molecule has 0 aromatic heterocycles. The number of methoxy groups -OCH3 is 1. The first-order valence-electron chi connectivity index (χ1n) is 15.5. The summed E-state index contributed by atoms with van der Waals surface area (Å²) in [7, 11) is 1.38. The van der Waals surface area contributed by atoms with Crippen molar-refractivity contribution in [2.24, 2.45) is 20.9 Å². The Bertz CT molecular complexity index is 1480. The van der Waals surface area contributed by atoms with E-state index >= 15 is 0 Å². The van der Waals surface area contributed by atoms with Crippen molar-refractivity contribution < 1.29 is 23.8 Å². The molecule has 11 heteroatoms. The molecule has 1 amide bonds. The summed E-state index contributed by atoms with van der Waals surface area (Å²) < 4.78 is 16.1. The molecule has 3 aromatic carbocycles. The molecular weight excluding hydrogens is 584 g/mol. The van der Waals surface area contributed by atoms with E-state index in [1.807, 2.05) is 72.8 Å². The molecule has 11 nitrogen and oxygen atoms in total. The fourth-order valence-corrected chi connectivity index (χ4v) is 4.57. The van der Waals surface area contributed by atoms with Crippen LogP contribution in [0.5, 0.6) is 0 Å². The van der Waals surface area contributed by atoms with Crippen molar-refractivity contribution in [3.63, 3.8) is 0 Å². The summed E-state index contributed by atoms with van der Waals surface area (Å²) >= 11 is 0. The van der Waals surface area contributed by atoms with E-state index in [4.69, 9.17) is 29.2 Å². The van der Waals surface area contributed by atoms with Gasteiger partial charge in [-0.2, -0.15) is 9.98 Å². The molecule has 1 aliphatic rings. The van der Waals surface area contributed by atoms with Crippen molar-refractivity contribution >= 4 is 40.9 Å². The van der Waals surface area contributed by atoms with Crippen molar-refractivity contribution in [1.82, 2.24) is 5.32 Å². The summed E-state index contributed by atoms with van der Waals surface area (Å²) in [6, 6.07) is 26.5. The fourth-order valence-electron chi connectivity index (χ4n) is 4.57. The van der Waals surface area contributed by atoms with Crippen molar-refractivity contribution in [2.45, 2.75) is 26.2 Å². The van der Waals surface area contributed by atoms with Crippen LogP contribution in [0.4, 0.5) is 11.4 Å². The monoisotopic (exact) mass is 626 g/mol. The number of guanidine groups is 1. The molecule has 1 aliphatic heterocycles. The van der Waals surface area contributed by atoms with Gasteiger partial charge in [0.25, 0.3) is 5.91 Å². The van der Waals surface area contributed by atoms with E-state index in [-0.39, 0.29) is 24.2 Å². The molecule has 0 fully saturated rings. The Kier molecular flexibility index (Phi) is 13.9. The predicted octanol–water partition coefficient (Wildman–Crippen LogP) is 4.97.